The van der Waals surface area contributed by atoms with Crippen molar-refractivity contribution < 1.29 is 23.7 Å². The molecule has 1 N–H and O–H groups in total. The molecule has 0 aliphatic carbocycles. The summed E-state index contributed by atoms with van der Waals surface area (Å²) in [7, 11) is 3.26. The first kappa shape index (κ1) is 19.2. The van der Waals surface area contributed by atoms with Crippen LogP contribution in [0.1, 0.15) is 17.5 Å². The lowest BCUT2D eigenvalue weighted by molar-refractivity contribution is -0.131. The predicted molar refractivity (Wildman–Crippen MR) is 109 cm³/mol. The van der Waals surface area contributed by atoms with E-state index in [1.54, 1.807) is 14.2 Å². The Morgan fingerprint density at radius 3 is 2.52 bits per heavy atom. The highest BCUT2D eigenvalue weighted by atomic mass is 16.6. The normalized spacial score (nSPS) is 14.8. The Kier molecular flexibility index (Phi) is 5.64. The van der Waals surface area contributed by atoms with Crippen LogP contribution < -0.4 is 24.3 Å². The molecule has 0 radical (unpaired) electrons. The zero-order valence-corrected chi connectivity index (χ0v) is 16.8. The minimum atomic E-state index is 0.135. The van der Waals surface area contributed by atoms with Gasteiger partial charge in [-0.2, -0.15) is 0 Å². The number of hydrogen-bond acceptors (Lipinski definition) is 6. The molecule has 2 aromatic rings. The number of hydrogen-bond donors (Lipinski definition) is 1. The monoisotopic (exact) mass is 398 g/mol. The summed E-state index contributed by atoms with van der Waals surface area (Å²) < 4.78 is 21.9. The van der Waals surface area contributed by atoms with E-state index >= 15 is 0 Å². The summed E-state index contributed by atoms with van der Waals surface area (Å²) in [6.07, 6.45) is 1.24. The fraction of sp³-hybridized carbons (Fsp3) is 0.409. The van der Waals surface area contributed by atoms with Crippen molar-refractivity contribution in [2.24, 2.45) is 0 Å². The van der Waals surface area contributed by atoms with Crippen LogP contribution in [0.25, 0.3) is 0 Å². The second-order valence-electron chi connectivity index (χ2n) is 7.08. The first-order valence-corrected chi connectivity index (χ1v) is 9.83. The van der Waals surface area contributed by atoms with E-state index in [2.05, 4.69) is 5.32 Å². The summed E-state index contributed by atoms with van der Waals surface area (Å²) in [5, 5.41) is 3.30. The lowest BCUT2D eigenvalue weighted by Gasteiger charge is -2.30. The van der Waals surface area contributed by atoms with Crippen LogP contribution >= 0.6 is 0 Å². The predicted octanol–water partition coefficient (Wildman–Crippen LogP) is 2.86. The van der Waals surface area contributed by atoms with Crippen LogP contribution in [0.15, 0.2) is 30.3 Å². The molecule has 0 spiro atoms. The summed E-state index contributed by atoms with van der Waals surface area (Å²) in [5.41, 5.74) is 3.24. The third kappa shape index (κ3) is 4.18. The van der Waals surface area contributed by atoms with Crippen LogP contribution in [0.5, 0.6) is 23.0 Å². The Bertz CT molecular complexity index is 899. The van der Waals surface area contributed by atoms with Gasteiger partial charge in [0.1, 0.15) is 13.2 Å². The molecule has 0 bridgehead atoms. The Labute approximate surface area is 170 Å². The quantitative estimate of drug-likeness (QED) is 0.807. The molecule has 154 valence electrons. The number of nitrogens with zero attached hydrogens (tertiary/aromatic N) is 1. The van der Waals surface area contributed by atoms with Crippen LogP contribution in [0.2, 0.25) is 0 Å². The van der Waals surface area contributed by atoms with E-state index < -0.39 is 0 Å². The highest BCUT2D eigenvalue weighted by Crippen LogP contribution is 2.34. The Morgan fingerprint density at radius 2 is 1.76 bits per heavy atom. The van der Waals surface area contributed by atoms with Crippen LogP contribution in [0.3, 0.4) is 0 Å². The zero-order valence-electron chi connectivity index (χ0n) is 16.8. The Hall–Kier alpha value is -3.09. The van der Waals surface area contributed by atoms with Crippen molar-refractivity contribution in [3.63, 3.8) is 0 Å². The van der Waals surface area contributed by atoms with E-state index in [4.69, 9.17) is 18.9 Å². The summed E-state index contributed by atoms with van der Waals surface area (Å²) in [5.74, 6) is 3.06. The number of fused-ring (bicyclic) bond motifs is 2. The molecule has 2 aliphatic rings. The highest BCUT2D eigenvalue weighted by molar-refractivity contribution is 5.77. The lowest BCUT2D eigenvalue weighted by atomic mass is 9.98. The molecular weight excluding hydrogens is 372 g/mol. The average Bonchev–Trinajstić information content (AvgIpc) is 2.77. The number of carbonyl (C=O) groups excluding carboxylic acids is 1. The van der Waals surface area contributed by atoms with Gasteiger partial charge in [0.2, 0.25) is 5.91 Å². The summed E-state index contributed by atoms with van der Waals surface area (Å²) in [4.78, 5) is 14.6. The van der Waals surface area contributed by atoms with Gasteiger partial charge in [-0.3, -0.25) is 4.79 Å². The van der Waals surface area contributed by atoms with Crippen LogP contribution in [-0.2, 0) is 17.8 Å². The summed E-state index contributed by atoms with van der Waals surface area (Å²) in [6, 6.07) is 9.73. The van der Waals surface area contributed by atoms with Gasteiger partial charge in [-0.05, 0) is 41.8 Å². The van der Waals surface area contributed by atoms with Crippen molar-refractivity contribution in [2.45, 2.75) is 19.4 Å². The van der Waals surface area contributed by atoms with Crippen molar-refractivity contribution in [1.82, 2.24) is 4.90 Å². The zero-order chi connectivity index (χ0) is 20.2. The van der Waals surface area contributed by atoms with E-state index in [-0.39, 0.29) is 5.91 Å². The number of carbonyl (C=O) groups is 1. The van der Waals surface area contributed by atoms with Gasteiger partial charge in [-0.1, -0.05) is 0 Å². The number of ether oxygens (including phenoxy) is 4. The molecule has 0 fully saturated rings. The minimum Gasteiger partial charge on any atom is -0.493 e. The molecule has 2 aliphatic heterocycles. The number of anilines is 1. The molecule has 7 nitrogen and oxygen atoms in total. The van der Waals surface area contributed by atoms with E-state index in [9.17, 15) is 4.79 Å². The van der Waals surface area contributed by atoms with Gasteiger partial charge in [-0.15, -0.1) is 0 Å². The number of benzene rings is 2. The summed E-state index contributed by atoms with van der Waals surface area (Å²) >= 11 is 0. The molecule has 2 heterocycles. The first-order valence-electron chi connectivity index (χ1n) is 9.83. The second-order valence-corrected chi connectivity index (χ2v) is 7.08. The maximum atomic E-state index is 12.7. The highest BCUT2D eigenvalue weighted by Gasteiger charge is 2.22. The van der Waals surface area contributed by atoms with Gasteiger partial charge in [0, 0.05) is 37.8 Å². The summed E-state index contributed by atoms with van der Waals surface area (Å²) in [6.45, 7) is 3.01. The van der Waals surface area contributed by atoms with E-state index in [1.807, 2.05) is 35.2 Å². The van der Waals surface area contributed by atoms with Gasteiger partial charge in [0.25, 0.3) is 0 Å². The maximum absolute atomic E-state index is 12.7. The van der Waals surface area contributed by atoms with E-state index in [0.29, 0.717) is 45.0 Å². The third-order valence-electron chi connectivity index (χ3n) is 5.28. The fourth-order valence-electron chi connectivity index (χ4n) is 3.72. The van der Waals surface area contributed by atoms with Crippen molar-refractivity contribution in [3.8, 4) is 23.0 Å². The van der Waals surface area contributed by atoms with E-state index in [0.717, 1.165) is 34.9 Å². The SMILES string of the molecule is COc1cc2c(cc1OC)CN(C(=O)CCNc1ccc3c(c1)OCCO3)CC2. The molecule has 0 aromatic heterocycles. The Morgan fingerprint density at radius 1 is 1.03 bits per heavy atom. The molecular formula is C22H26N2O5. The van der Waals surface area contributed by atoms with Crippen molar-refractivity contribution in [2.75, 3.05) is 45.8 Å². The van der Waals surface area contributed by atoms with Gasteiger partial charge < -0.3 is 29.2 Å². The van der Waals surface area contributed by atoms with Crippen LogP contribution in [-0.4, -0.2) is 51.3 Å². The smallest absolute Gasteiger partial charge is 0.224 e. The van der Waals surface area contributed by atoms with E-state index in [1.165, 1.54) is 5.56 Å². The van der Waals surface area contributed by atoms with Gasteiger partial charge >= 0.3 is 0 Å². The third-order valence-corrected chi connectivity index (χ3v) is 5.28. The topological polar surface area (TPSA) is 69.3 Å². The largest absolute Gasteiger partial charge is 0.493 e. The average molecular weight is 398 g/mol. The molecule has 0 saturated heterocycles. The first-order chi connectivity index (χ1) is 14.2. The number of methoxy groups -OCH3 is 2. The molecule has 0 atom stereocenters. The molecule has 2 aromatic carbocycles. The molecule has 29 heavy (non-hydrogen) atoms. The standard InChI is InChI=1S/C22H26N2O5/c1-26-19-11-15-6-8-24(14-16(15)12-20(19)27-2)22(25)5-7-23-17-3-4-18-21(13-17)29-10-9-28-18/h3-4,11-13,23H,5-10,14H2,1-2H3. The number of rotatable bonds is 6. The van der Waals surface area contributed by atoms with Crippen molar-refractivity contribution in [3.05, 3.63) is 41.5 Å². The second kappa shape index (κ2) is 8.51. The van der Waals surface area contributed by atoms with Gasteiger partial charge in [0.05, 0.1) is 14.2 Å². The molecule has 4 rings (SSSR count). The maximum Gasteiger partial charge on any atom is 0.224 e. The fourth-order valence-corrected chi connectivity index (χ4v) is 3.72. The lowest BCUT2D eigenvalue weighted by Crippen LogP contribution is -2.36. The molecule has 7 heteroatoms. The van der Waals surface area contributed by atoms with Crippen LogP contribution in [0.4, 0.5) is 5.69 Å². The molecule has 0 unspecified atom stereocenters. The van der Waals surface area contributed by atoms with Crippen LogP contribution in [0, 0.1) is 0 Å². The number of nitrogens with one attached hydrogen (secondary N) is 1. The minimum absolute atomic E-state index is 0.135. The Balaban J connectivity index is 1.33. The molecule has 1 amide bonds. The van der Waals surface area contributed by atoms with Crippen molar-refractivity contribution >= 4 is 11.6 Å². The number of amides is 1. The van der Waals surface area contributed by atoms with Crippen molar-refractivity contribution in [1.29, 1.82) is 0 Å². The van der Waals surface area contributed by atoms with Gasteiger partial charge in [0.15, 0.2) is 23.0 Å². The van der Waals surface area contributed by atoms with Gasteiger partial charge in [-0.25, -0.2) is 0 Å². The molecule has 0 saturated carbocycles.